The van der Waals surface area contributed by atoms with Crippen molar-refractivity contribution in [3.05, 3.63) is 41.9 Å². The summed E-state index contributed by atoms with van der Waals surface area (Å²) in [7, 11) is 0. The molecule has 0 radical (unpaired) electrons. The predicted molar refractivity (Wildman–Crippen MR) is 126 cm³/mol. The third kappa shape index (κ3) is 5.54. The molecule has 3 aromatic rings. The van der Waals surface area contributed by atoms with Crippen LogP contribution in [0.1, 0.15) is 55.5 Å². The number of fused-ring (bicyclic) bond motifs is 1. The van der Waals surface area contributed by atoms with Gasteiger partial charge in [-0.2, -0.15) is 15.0 Å². The van der Waals surface area contributed by atoms with E-state index < -0.39 is 23.9 Å². The second-order valence-corrected chi connectivity index (χ2v) is 9.32. The molecule has 0 aliphatic heterocycles. The lowest BCUT2D eigenvalue weighted by molar-refractivity contribution is -0.00177. The number of alkyl halides is 2. The Balaban J connectivity index is 1.65. The molecule has 1 saturated carbocycles. The van der Waals surface area contributed by atoms with E-state index in [0.29, 0.717) is 53.8 Å². The molecular formula is C24H27F2N7O2. The van der Waals surface area contributed by atoms with Crippen molar-refractivity contribution in [2.45, 2.75) is 63.5 Å². The number of carbonyl (C=O) groups is 1. The van der Waals surface area contributed by atoms with Crippen LogP contribution in [0.2, 0.25) is 0 Å². The SMILES string of the molecule is CC(C)(O)[C@H](F)CNC(=O)c1cnc(-n2ncc3cc(C#N)cnc32)cc1NC1CCC(F)CC1. The maximum Gasteiger partial charge on any atom is 0.255 e. The summed E-state index contributed by atoms with van der Waals surface area (Å²) in [6.45, 7) is 2.29. The molecule has 35 heavy (non-hydrogen) atoms. The van der Waals surface area contributed by atoms with E-state index in [2.05, 4.69) is 25.7 Å². The van der Waals surface area contributed by atoms with E-state index in [9.17, 15) is 18.7 Å². The monoisotopic (exact) mass is 483 g/mol. The minimum Gasteiger partial charge on any atom is -0.387 e. The molecule has 4 rings (SSSR count). The maximum atomic E-state index is 14.2. The molecule has 0 unspecified atom stereocenters. The highest BCUT2D eigenvalue weighted by Crippen LogP contribution is 2.27. The van der Waals surface area contributed by atoms with Crippen LogP contribution in [-0.4, -0.2) is 61.3 Å². The van der Waals surface area contributed by atoms with Crippen LogP contribution in [-0.2, 0) is 0 Å². The topological polar surface area (TPSA) is 129 Å². The van der Waals surface area contributed by atoms with Crippen molar-refractivity contribution < 1.29 is 18.7 Å². The number of hydrogen-bond donors (Lipinski definition) is 3. The van der Waals surface area contributed by atoms with Crippen LogP contribution >= 0.6 is 0 Å². The molecule has 9 nitrogen and oxygen atoms in total. The van der Waals surface area contributed by atoms with E-state index in [-0.39, 0.29) is 18.2 Å². The molecular weight excluding hydrogens is 456 g/mol. The summed E-state index contributed by atoms with van der Waals surface area (Å²) in [5.74, 6) is -0.171. The standard InChI is InChI=1S/C24H27F2N7O2/c1-24(2,35)20(26)13-30-23(34)18-12-28-21(8-19(18)32-17-5-3-16(25)4-6-17)33-22-15(11-31-33)7-14(9-27)10-29-22/h7-8,10-12,16-17,20,35H,3-6,13H2,1-2H3,(H,28,32)(H,30,34)/t16?,17?,20-/m1/s1. The zero-order valence-electron chi connectivity index (χ0n) is 19.5. The van der Waals surface area contributed by atoms with Crippen LogP contribution < -0.4 is 10.6 Å². The molecule has 184 valence electrons. The fourth-order valence-electron chi connectivity index (χ4n) is 3.95. The molecule has 11 heteroatoms. The molecule has 0 aromatic carbocycles. The van der Waals surface area contributed by atoms with Crippen molar-refractivity contribution in [1.29, 1.82) is 5.26 Å². The average molecular weight is 484 g/mol. The average Bonchev–Trinajstić information content (AvgIpc) is 3.26. The number of aromatic nitrogens is 4. The quantitative estimate of drug-likeness (QED) is 0.471. The van der Waals surface area contributed by atoms with Crippen molar-refractivity contribution in [3.8, 4) is 11.9 Å². The first-order valence-corrected chi connectivity index (χ1v) is 11.4. The largest absolute Gasteiger partial charge is 0.387 e. The maximum absolute atomic E-state index is 14.2. The van der Waals surface area contributed by atoms with Gasteiger partial charge >= 0.3 is 0 Å². The van der Waals surface area contributed by atoms with Crippen LogP contribution in [0.15, 0.2) is 30.7 Å². The fourth-order valence-corrected chi connectivity index (χ4v) is 3.95. The summed E-state index contributed by atoms with van der Waals surface area (Å²) < 4.78 is 29.3. The lowest BCUT2D eigenvalue weighted by Gasteiger charge is -2.27. The van der Waals surface area contributed by atoms with Crippen LogP contribution in [0, 0.1) is 11.3 Å². The number of aliphatic hydroxyl groups is 1. The summed E-state index contributed by atoms with van der Waals surface area (Å²) in [6, 6.07) is 5.30. The number of carbonyl (C=O) groups excluding carboxylic acids is 1. The van der Waals surface area contributed by atoms with Gasteiger partial charge in [-0.15, -0.1) is 0 Å². The fraction of sp³-hybridized carbons (Fsp3) is 0.458. The van der Waals surface area contributed by atoms with Gasteiger partial charge in [0.2, 0.25) is 0 Å². The summed E-state index contributed by atoms with van der Waals surface area (Å²) in [4.78, 5) is 21.6. The second-order valence-electron chi connectivity index (χ2n) is 9.32. The van der Waals surface area contributed by atoms with Crippen LogP contribution in [0.5, 0.6) is 0 Å². The molecule has 0 bridgehead atoms. The normalized spacial score (nSPS) is 19.2. The zero-order valence-corrected chi connectivity index (χ0v) is 19.5. The Bertz CT molecular complexity index is 1260. The number of hydrogen-bond acceptors (Lipinski definition) is 7. The van der Waals surface area contributed by atoms with E-state index in [1.54, 1.807) is 18.3 Å². The van der Waals surface area contributed by atoms with Crippen LogP contribution in [0.3, 0.4) is 0 Å². The molecule has 1 fully saturated rings. The van der Waals surface area contributed by atoms with Gasteiger partial charge in [-0.05, 0) is 45.6 Å². The Morgan fingerprint density at radius 3 is 2.69 bits per heavy atom. The van der Waals surface area contributed by atoms with Crippen LogP contribution in [0.25, 0.3) is 16.9 Å². The number of rotatable bonds is 7. The number of nitrogens with zero attached hydrogens (tertiary/aromatic N) is 5. The molecule has 1 amide bonds. The van der Waals surface area contributed by atoms with Gasteiger partial charge < -0.3 is 15.7 Å². The Hall–Kier alpha value is -3.65. The minimum atomic E-state index is -1.66. The molecule has 0 saturated heterocycles. The molecule has 1 aliphatic carbocycles. The smallest absolute Gasteiger partial charge is 0.255 e. The zero-order chi connectivity index (χ0) is 25.2. The molecule has 3 heterocycles. The van der Waals surface area contributed by atoms with E-state index in [1.807, 2.05) is 6.07 Å². The van der Waals surface area contributed by atoms with Crippen molar-refractivity contribution >= 4 is 22.6 Å². The van der Waals surface area contributed by atoms with Gasteiger partial charge in [-0.1, -0.05) is 0 Å². The Kier molecular flexibility index (Phi) is 6.93. The number of anilines is 1. The summed E-state index contributed by atoms with van der Waals surface area (Å²) >= 11 is 0. The number of nitrogens with one attached hydrogen (secondary N) is 2. The van der Waals surface area contributed by atoms with Crippen molar-refractivity contribution in [3.63, 3.8) is 0 Å². The van der Waals surface area contributed by atoms with Gasteiger partial charge in [0.05, 0.1) is 35.2 Å². The highest BCUT2D eigenvalue weighted by molar-refractivity contribution is 5.99. The van der Waals surface area contributed by atoms with Gasteiger partial charge in [-0.25, -0.2) is 18.7 Å². The van der Waals surface area contributed by atoms with E-state index in [4.69, 9.17) is 5.26 Å². The van der Waals surface area contributed by atoms with Crippen molar-refractivity contribution in [2.24, 2.45) is 0 Å². The first-order valence-electron chi connectivity index (χ1n) is 11.4. The van der Waals surface area contributed by atoms with E-state index >= 15 is 0 Å². The summed E-state index contributed by atoms with van der Waals surface area (Å²) in [5, 5.41) is 29.7. The third-order valence-corrected chi connectivity index (χ3v) is 6.11. The number of pyridine rings is 2. The van der Waals surface area contributed by atoms with Crippen LogP contribution in [0.4, 0.5) is 14.5 Å². The van der Waals surface area contributed by atoms with Gasteiger partial charge in [-0.3, -0.25) is 4.79 Å². The second kappa shape index (κ2) is 9.92. The molecule has 3 aromatic heterocycles. The van der Waals surface area contributed by atoms with E-state index in [0.717, 1.165) is 0 Å². The highest BCUT2D eigenvalue weighted by Gasteiger charge is 2.28. The highest BCUT2D eigenvalue weighted by atomic mass is 19.1. The third-order valence-electron chi connectivity index (χ3n) is 6.11. The molecule has 0 spiro atoms. The molecule has 3 N–H and O–H groups in total. The Morgan fingerprint density at radius 2 is 2.00 bits per heavy atom. The minimum absolute atomic E-state index is 0.0419. The predicted octanol–water partition coefficient (Wildman–Crippen LogP) is 3.22. The van der Waals surface area contributed by atoms with Gasteiger partial charge in [0.1, 0.15) is 18.4 Å². The Labute approximate surface area is 201 Å². The summed E-state index contributed by atoms with van der Waals surface area (Å²) in [6.07, 6.45) is 3.96. The van der Waals surface area contributed by atoms with Gasteiger partial charge in [0, 0.05) is 29.9 Å². The van der Waals surface area contributed by atoms with Gasteiger partial charge in [0.25, 0.3) is 5.91 Å². The molecule has 1 aliphatic rings. The lowest BCUT2D eigenvalue weighted by Crippen LogP contribution is -2.42. The first-order chi connectivity index (χ1) is 16.7. The van der Waals surface area contributed by atoms with Crippen molar-refractivity contribution in [1.82, 2.24) is 25.1 Å². The first kappa shape index (κ1) is 24.5. The molecule has 1 atom stereocenters. The summed E-state index contributed by atoms with van der Waals surface area (Å²) in [5.41, 5.74) is -0.0646. The Morgan fingerprint density at radius 1 is 1.26 bits per heavy atom. The van der Waals surface area contributed by atoms with Gasteiger partial charge in [0.15, 0.2) is 11.5 Å². The van der Waals surface area contributed by atoms with Crippen molar-refractivity contribution in [2.75, 3.05) is 11.9 Å². The number of amides is 1. The lowest BCUT2D eigenvalue weighted by atomic mass is 9.93. The number of halogens is 2. The van der Waals surface area contributed by atoms with E-state index in [1.165, 1.54) is 30.9 Å². The number of nitriles is 1.